The van der Waals surface area contributed by atoms with Crippen LogP contribution in [0.4, 0.5) is 0 Å². The van der Waals surface area contributed by atoms with E-state index in [1.54, 1.807) is 0 Å². The van der Waals surface area contributed by atoms with Crippen molar-refractivity contribution in [2.24, 2.45) is 5.92 Å². The number of aryl methyl sites for hydroxylation is 3. The van der Waals surface area contributed by atoms with Crippen LogP contribution in [0.15, 0.2) is 34.7 Å². The zero-order valence-corrected chi connectivity index (χ0v) is 17.5. The van der Waals surface area contributed by atoms with Gasteiger partial charge in [-0.15, -0.1) is 0 Å². The lowest BCUT2D eigenvalue weighted by atomic mass is 9.97. The highest BCUT2D eigenvalue weighted by atomic mass is 16.5. The summed E-state index contributed by atoms with van der Waals surface area (Å²) in [5.41, 5.74) is 2.26. The first kappa shape index (κ1) is 20.5. The molecule has 1 aromatic carbocycles. The third-order valence-corrected chi connectivity index (χ3v) is 5.41. The van der Waals surface area contributed by atoms with Crippen molar-refractivity contribution in [1.29, 1.82) is 0 Å². The molecule has 5 heteroatoms. The second-order valence-electron chi connectivity index (χ2n) is 8.10. The van der Waals surface area contributed by atoms with Crippen LogP contribution in [0, 0.1) is 26.7 Å². The van der Waals surface area contributed by atoms with E-state index in [2.05, 4.69) is 23.2 Å². The van der Waals surface area contributed by atoms with Crippen molar-refractivity contribution in [1.82, 2.24) is 10.2 Å². The van der Waals surface area contributed by atoms with Crippen LogP contribution in [0.1, 0.15) is 48.5 Å². The molecule has 1 amide bonds. The summed E-state index contributed by atoms with van der Waals surface area (Å²) in [7, 11) is 0. The van der Waals surface area contributed by atoms with E-state index in [0.29, 0.717) is 6.54 Å². The molecule has 0 radical (unpaired) electrons. The Kier molecular flexibility index (Phi) is 6.79. The summed E-state index contributed by atoms with van der Waals surface area (Å²) in [6.07, 6.45) is 2.36. The van der Waals surface area contributed by atoms with Gasteiger partial charge in [-0.05, 0) is 88.0 Å². The van der Waals surface area contributed by atoms with Gasteiger partial charge in [0.15, 0.2) is 6.61 Å². The van der Waals surface area contributed by atoms with Gasteiger partial charge >= 0.3 is 0 Å². The number of amides is 1. The molecule has 5 nitrogen and oxygen atoms in total. The van der Waals surface area contributed by atoms with Crippen molar-refractivity contribution < 1.29 is 13.9 Å². The van der Waals surface area contributed by atoms with Crippen LogP contribution in [0.3, 0.4) is 0 Å². The highest BCUT2D eigenvalue weighted by molar-refractivity contribution is 5.77. The van der Waals surface area contributed by atoms with Crippen molar-refractivity contribution in [2.75, 3.05) is 26.2 Å². The summed E-state index contributed by atoms with van der Waals surface area (Å²) in [5, 5.41) is 3.03. The summed E-state index contributed by atoms with van der Waals surface area (Å²) < 4.78 is 11.6. The van der Waals surface area contributed by atoms with Crippen LogP contribution in [0.25, 0.3) is 0 Å². The average Bonchev–Trinajstić information content (AvgIpc) is 3.07. The highest BCUT2D eigenvalue weighted by Gasteiger charge is 2.27. The molecule has 1 atom stereocenters. The minimum absolute atomic E-state index is 0.0177. The van der Waals surface area contributed by atoms with Crippen LogP contribution < -0.4 is 10.1 Å². The number of hydrogen-bond acceptors (Lipinski definition) is 4. The number of nitrogens with zero attached hydrogens (tertiary/aromatic N) is 1. The third kappa shape index (κ3) is 5.61. The molecule has 2 aromatic rings. The van der Waals surface area contributed by atoms with E-state index >= 15 is 0 Å². The van der Waals surface area contributed by atoms with Crippen molar-refractivity contribution >= 4 is 5.91 Å². The Labute approximate surface area is 168 Å². The summed E-state index contributed by atoms with van der Waals surface area (Å²) in [5.74, 6) is 3.20. The molecule has 1 aromatic heterocycles. The van der Waals surface area contributed by atoms with E-state index in [4.69, 9.17) is 9.15 Å². The number of ether oxygens (including phenoxy) is 1. The van der Waals surface area contributed by atoms with E-state index in [1.807, 2.05) is 45.0 Å². The molecule has 1 aliphatic rings. The first-order valence-electron chi connectivity index (χ1n) is 10.2. The lowest BCUT2D eigenvalue weighted by molar-refractivity contribution is -0.123. The molecule has 0 unspecified atom stereocenters. The van der Waals surface area contributed by atoms with Crippen LogP contribution in [-0.4, -0.2) is 37.0 Å². The fraction of sp³-hybridized carbons (Fsp3) is 0.522. The van der Waals surface area contributed by atoms with Crippen molar-refractivity contribution in [3.63, 3.8) is 0 Å². The Morgan fingerprint density at radius 3 is 2.46 bits per heavy atom. The van der Waals surface area contributed by atoms with Crippen LogP contribution in [0.5, 0.6) is 5.75 Å². The van der Waals surface area contributed by atoms with E-state index in [9.17, 15) is 4.79 Å². The maximum Gasteiger partial charge on any atom is 0.258 e. The van der Waals surface area contributed by atoms with Gasteiger partial charge in [0.2, 0.25) is 0 Å². The summed E-state index contributed by atoms with van der Waals surface area (Å²) in [6.45, 7) is 10.9. The fourth-order valence-corrected chi connectivity index (χ4v) is 3.81. The highest BCUT2D eigenvalue weighted by Crippen LogP contribution is 2.27. The second kappa shape index (κ2) is 9.28. The first-order valence-corrected chi connectivity index (χ1v) is 10.2. The molecule has 152 valence electrons. The van der Waals surface area contributed by atoms with Crippen molar-refractivity contribution in [2.45, 2.75) is 46.6 Å². The van der Waals surface area contributed by atoms with Crippen LogP contribution >= 0.6 is 0 Å². The number of piperidine rings is 1. The number of nitrogens with one attached hydrogen (secondary N) is 1. The molecule has 0 aliphatic carbocycles. The monoisotopic (exact) mass is 384 g/mol. The number of rotatable bonds is 7. The van der Waals surface area contributed by atoms with E-state index in [1.165, 1.54) is 12.8 Å². The average molecular weight is 385 g/mol. The SMILES string of the molecule is Cc1cc(C)cc(OCC(=O)NC[C@H](c2ccc(C)o2)N2CCC(C)CC2)c1. The minimum Gasteiger partial charge on any atom is -0.484 e. The fourth-order valence-electron chi connectivity index (χ4n) is 3.81. The smallest absolute Gasteiger partial charge is 0.258 e. The summed E-state index contributed by atoms with van der Waals surface area (Å²) in [4.78, 5) is 14.8. The maximum atomic E-state index is 12.4. The van der Waals surface area contributed by atoms with Gasteiger partial charge in [-0.1, -0.05) is 13.0 Å². The minimum atomic E-state index is -0.113. The number of carbonyl (C=O) groups is 1. The van der Waals surface area contributed by atoms with Gasteiger partial charge in [-0.3, -0.25) is 9.69 Å². The Balaban J connectivity index is 1.57. The largest absolute Gasteiger partial charge is 0.484 e. The predicted molar refractivity (Wildman–Crippen MR) is 111 cm³/mol. The quantitative estimate of drug-likeness (QED) is 0.778. The van der Waals surface area contributed by atoms with Crippen LogP contribution in [-0.2, 0) is 4.79 Å². The molecular weight excluding hydrogens is 352 g/mol. The zero-order chi connectivity index (χ0) is 20.1. The second-order valence-corrected chi connectivity index (χ2v) is 8.10. The van der Waals surface area contributed by atoms with Crippen LogP contribution in [0.2, 0.25) is 0 Å². The molecule has 1 aliphatic heterocycles. The molecule has 1 fully saturated rings. The molecule has 2 heterocycles. The molecule has 28 heavy (non-hydrogen) atoms. The van der Waals surface area contributed by atoms with Gasteiger partial charge in [0.25, 0.3) is 5.91 Å². The lowest BCUT2D eigenvalue weighted by Gasteiger charge is -2.35. The predicted octanol–water partition coefficient (Wildman–Crippen LogP) is 4.17. The van der Waals surface area contributed by atoms with Gasteiger partial charge in [-0.2, -0.15) is 0 Å². The molecular formula is C23H32N2O3. The van der Waals surface area contributed by atoms with Gasteiger partial charge in [0.05, 0.1) is 6.04 Å². The number of carbonyl (C=O) groups excluding carboxylic acids is 1. The van der Waals surface area contributed by atoms with Gasteiger partial charge in [0.1, 0.15) is 17.3 Å². The lowest BCUT2D eigenvalue weighted by Crippen LogP contribution is -2.42. The Morgan fingerprint density at radius 1 is 1.18 bits per heavy atom. The topological polar surface area (TPSA) is 54.7 Å². The van der Waals surface area contributed by atoms with Crippen molar-refractivity contribution in [3.05, 3.63) is 53.0 Å². The van der Waals surface area contributed by atoms with Gasteiger partial charge in [0, 0.05) is 6.54 Å². The van der Waals surface area contributed by atoms with Gasteiger partial charge < -0.3 is 14.5 Å². The van der Waals surface area contributed by atoms with E-state index in [0.717, 1.165) is 47.4 Å². The normalized spacial score (nSPS) is 16.7. The third-order valence-electron chi connectivity index (χ3n) is 5.41. The Morgan fingerprint density at radius 2 is 1.86 bits per heavy atom. The van der Waals surface area contributed by atoms with Crippen molar-refractivity contribution in [3.8, 4) is 5.75 Å². The number of hydrogen-bond donors (Lipinski definition) is 1. The number of likely N-dealkylation sites (tertiary alicyclic amines) is 1. The maximum absolute atomic E-state index is 12.4. The van der Waals surface area contributed by atoms with E-state index in [-0.39, 0.29) is 18.6 Å². The zero-order valence-electron chi connectivity index (χ0n) is 17.5. The van der Waals surface area contributed by atoms with Gasteiger partial charge in [-0.25, -0.2) is 0 Å². The summed E-state index contributed by atoms with van der Waals surface area (Å²) >= 11 is 0. The number of furan rings is 1. The first-order chi connectivity index (χ1) is 13.4. The molecule has 0 bridgehead atoms. The Bertz CT molecular complexity index is 771. The molecule has 0 spiro atoms. The standard InChI is InChI=1S/C23H32N2O3/c1-16-7-9-25(10-8-16)21(22-6-5-19(4)28-22)14-24-23(26)15-27-20-12-17(2)11-18(3)13-20/h5-6,11-13,16,21H,7-10,14-15H2,1-4H3,(H,24,26)/t21-/m1/s1. The molecule has 1 N–H and O–H groups in total. The molecule has 0 saturated carbocycles. The Hall–Kier alpha value is -2.27. The number of benzene rings is 1. The molecule has 1 saturated heterocycles. The van der Waals surface area contributed by atoms with E-state index < -0.39 is 0 Å². The molecule has 3 rings (SSSR count). The summed E-state index contributed by atoms with van der Waals surface area (Å²) in [6, 6.07) is 10.1.